The van der Waals surface area contributed by atoms with Crippen LogP contribution in [0.2, 0.25) is 0 Å². The smallest absolute Gasteiger partial charge is 0.244 e. The lowest BCUT2D eigenvalue weighted by Crippen LogP contribution is -2.48. The molecule has 0 aromatic carbocycles. The van der Waals surface area contributed by atoms with E-state index < -0.39 is 18.0 Å². The predicted molar refractivity (Wildman–Crippen MR) is 71.1 cm³/mol. The molecule has 106 valence electrons. The van der Waals surface area contributed by atoms with Crippen LogP contribution in [0.5, 0.6) is 0 Å². The van der Waals surface area contributed by atoms with E-state index in [1.807, 2.05) is 6.92 Å². The molecule has 0 radical (unpaired) electrons. The van der Waals surface area contributed by atoms with Crippen LogP contribution in [0, 0.1) is 0 Å². The highest BCUT2D eigenvalue weighted by Gasteiger charge is 2.23. The number of hydrogen-bond donors (Lipinski definition) is 2. The Morgan fingerprint density at radius 1 is 1.58 bits per heavy atom. The molecule has 7 heteroatoms. The number of aromatic nitrogens is 2. The Hall–Kier alpha value is -1.89. The van der Waals surface area contributed by atoms with Crippen LogP contribution in [0.1, 0.15) is 25.5 Å². The number of rotatable bonds is 5. The summed E-state index contributed by atoms with van der Waals surface area (Å²) in [5, 5.41) is 6.57. The quantitative estimate of drug-likeness (QED) is 0.745. The van der Waals surface area contributed by atoms with Crippen molar-refractivity contribution in [2.24, 2.45) is 12.8 Å². The Kier molecular flexibility index (Phi) is 5.05. The number of carbonyl (C=O) groups excluding carboxylic acids is 2. The summed E-state index contributed by atoms with van der Waals surface area (Å²) < 4.78 is 1.57. The lowest BCUT2D eigenvalue weighted by molar-refractivity contribution is -0.135. The van der Waals surface area contributed by atoms with E-state index in [-0.39, 0.29) is 5.91 Å². The van der Waals surface area contributed by atoms with E-state index in [2.05, 4.69) is 10.4 Å². The monoisotopic (exact) mass is 267 g/mol. The van der Waals surface area contributed by atoms with E-state index in [0.717, 1.165) is 0 Å². The number of likely N-dealkylation sites (N-methyl/N-ethyl adjacent to an activating group) is 1. The van der Waals surface area contributed by atoms with Gasteiger partial charge in [0.1, 0.15) is 12.1 Å². The molecule has 1 heterocycles. The Bertz CT molecular complexity index is 457. The summed E-state index contributed by atoms with van der Waals surface area (Å²) in [5.74, 6) is -0.535. The topological polar surface area (TPSA) is 93.2 Å². The van der Waals surface area contributed by atoms with Gasteiger partial charge >= 0.3 is 0 Å². The molecule has 0 aliphatic carbocycles. The maximum atomic E-state index is 11.9. The van der Waals surface area contributed by atoms with Crippen molar-refractivity contribution in [1.29, 1.82) is 0 Å². The molecule has 0 fully saturated rings. The molecule has 1 aromatic rings. The third kappa shape index (κ3) is 3.78. The maximum absolute atomic E-state index is 11.9. The number of nitrogens with zero attached hydrogens (tertiary/aromatic N) is 3. The van der Waals surface area contributed by atoms with E-state index in [4.69, 9.17) is 5.73 Å². The summed E-state index contributed by atoms with van der Waals surface area (Å²) in [6, 6.07) is -1.42. The second-order valence-electron chi connectivity index (χ2n) is 4.51. The number of nitrogens with two attached hydrogens (primary N) is 1. The first-order valence-electron chi connectivity index (χ1n) is 6.16. The Morgan fingerprint density at radius 2 is 2.21 bits per heavy atom. The molecular formula is C12H21N5O2. The Labute approximate surface area is 112 Å². The third-order valence-corrected chi connectivity index (χ3v) is 2.95. The lowest BCUT2D eigenvalue weighted by atomic mass is 10.1. The largest absolute Gasteiger partial charge is 0.344 e. The standard InChI is InChI=1S/C12H21N5O2/c1-5-16(3)12(19)8(2)15-11(18)10(13)9-6-14-17(4)7-9/h6-8,10H,5,13H2,1-4H3,(H,15,18). The molecule has 2 unspecified atom stereocenters. The highest BCUT2D eigenvalue weighted by atomic mass is 16.2. The van der Waals surface area contributed by atoms with Crippen LogP contribution in [0.15, 0.2) is 12.4 Å². The van der Waals surface area contributed by atoms with Gasteiger partial charge in [0.25, 0.3) is 0 Å². The summed E-state index contributed by atoms with van der Waals surface area (Å²) in [4.78, 5) is 25.3. The fraction of sp³-hybridized carbons (Fsp3) is 0.583. The highest BCUT2D eigenvalue weighted by molar-refractivity contribution is 5.89. The van der Waals surface area contributed by atoms with E-state index in [1.54, 1.807) is 36.8 Å². The van der Waals surface area contributed by atoms with Crippen molar-refractivity contribution in [2.75, 3.05) is 13.6 Å². The van der Waals surface area contributed by atoms with Crippen LogP contribution >= 0.6 is 0 Å². The molecule has 0 aliphatic heterocycles. The molecule has 0 aliphatic rings. The summed E-state index contributed by atoms with van der Waals surface area (Å²) in [5.41, 5.74) is 6.43. The SMILES string of the molecule is CCN(C)C(=O)C(C)NC(=O)C(N)c1cnn(C)c1. The molecule has 1 aromatic heterocycles. The number of amides is 2. The first-order chi connectivity index (χ1) is 8.86. The van der Waals surface area contributed by atoms with Crippen molar-refractivity contribution < 1.29 is 9.59 Å². The van der Waals surface area contributed by atoms with Gasteiger partial charge in [-0.25, -0.2) is 0 Å². The van der Waals surface area contributed by atoms with Crippen LogP contribution in [0.3, 0.4) is 0 Å². The molecule has 0 bridgehead atoms. The molecule has 7 nitrogen and oxygen atoms in total. The van der Waals surface area contributed by atoms with Gasteiger partial charge in [-0.2, -0.15) is 5.10 Å². The highest BCUT2D eigenvalue weighted by Crippen LogP contribution is 2.08. The summed E-state index contributed by atoms with van der Waals surface area (Å²) in [7, 11) is 3.43. The molecule has 0 spiro atoms. The molecule has 0 saturated carbocycles. The van der Waals surface area contributed by atoms with E-state index in [9.17, 15) is 9.59 Å². The zero-order valence-corrected chi connectivity index (χ0v) is 11.8. The summed E-state index contributed by atoms with van der Waals surface area (Å²) in [6.07, 6.45) is 3.21. The number of carbonyl (C=O) groups is 2. The van der Waals surface area contributed by atoms with E-state index in [1.165, 1.54) is 6.20 Å². The number of hydrogen-bond acceptors (Lipinski definition) is 4. The average molecular weight is 267 g/mol. The van der Waals surface area contributed by atoms with Crippen molar-refractivity contribution >= 4 is 11.8 Å². The Balaban J connectivity index is 2.62. The zero-order chi connectivity index (χ0) is 14.6. The molecule has 19 heavy (non-hydrogen) atoms. The summed E-state index contributed by atoms with van der Waals surface area (Å²) >= 11 is 0. The Morgan fingerprint density at radius 3 is 2.68 bits per heavy atom. The average Bonchev–Trinajstić information content (AvgIpc) is 2.82. The van der Waals surface area contributed by atoms with Gasteiger partial charge in [0.15, 0.2) is 0 Å². The normalized spacial score (nSPS) is 13.7. The number of aryl methyl sites for hydroxylation is 1. The second kappa shape index (κ2) is 6.33. The van der Waals surface area contributed by atoms with Crippen LogP contribution in [-0.4, -0.2) is 46.1 Å². The van der Waals surface area contributed by atoms with Gasteiger partial charge in [0, 0.05) is 32.4 Å². The van der Waals surface area contributed by atoms with Gasteiger partial charge in [0.05, 0.1) is 6.20 Å². The van der Waals surface area contributed by atoms with Crippen LogP contribution in [0.4, 0.5) is 0 Å². The minimum atomic E-state index is -0.823. The fourth-order valence-electron chi connectivity index (χ4n) is 1.60. The fourth-order valence-corrected chi connectivity index (χ4v) is 1.60. The molecular weight excluding hydrogens is 246 g/mol. The van der Waals surface area contributed by atoms with Crippen molar-refractivity contribution in [3.8, 4) is 0 Å². The first-order valence-corrected chi connectivity index (χ1v) is 6.16. The molecule has 2 amide bonds. The first kappa shape index (κ1) is 15.2. The van der Waals surface area contributed by atoms with Gasteiger partial charge in [-0.1, -0.05) is 0 Å². The predicted octanol–water partition coefficient (Wildman–Crippen LogP) is -0.597. The van der Waals surface area contributed by atoms with Crippen molar-refractivity contribution in [3.63, 3.8) is 0 Å². The molecule has 2 atom stereocenters. The van der Waals surface area contributed by atoms with Crippen LogP contribution < -0.4 is 11.1 Å². The van der Waals surface area contributed by atoms with Gasteiger partial charge in [-0.15, -0.1) is 0 Å². The summed E-state index contributed by atoms with van der Waals surface area (Å²) in [6.45, 7) is 4.10. The van der Waals surface area contributed by atoms with Crippen molar-refractivity contribution in [3.05, 3.63) is 18.0 Å². The number of nitrogens with one attached hydrogen (secondary N) is 1. The second-order valence-corrected chi connectivity index (χ2v) is 4.51. The van der Waals surface area contributed by atoms with Crippen molar-refractivity contribution in [2.45, 2.75) is 25.9 Å². The minimum Gasteiger partial charge on any atom is -0.344 e. The molecule has 1 rings (SSSR count). The third-order valence-electron chi connectivity index (χ3n) is 2.95. The van der Waals surface area contributed by atoms with Gasteiger partial charge in [-0.05, 0) is 13.8 Å². The maximum Gasteiger partial charge on any atom is 0.244 e. The molecule has 3 N–H and O–H groups in total. The van der Waals surface area contributed by atoms with Gasteiger partial charge in [0.2, 0.25) is 11.8 Å². The van der Waals surface area contributed by atoms with Gasteiger partial charge in [-0.3, -0.25) is 14.3 Å². The minimum absolute atomic E-state index is 0.144. The molecule has 0 saturated heterocycles. The van der Waals surface area contributed by atoms with Crippen LogP contribution in [0.25, 0.3) is 0 Å². The van der Waals surface area contributed by atoms with Crippen molar-refractivity contribution in [1.82, 2.24) is 20.0 Å². The van der Waals surface area contributed by atoms with E-state index >= 15 is 0 Å². The lowest BCUT2D eigenvalue weighted by Gasteiger charge is -2.21. The van der Waals surface area contributed by atoms with Crippen LogP contribution in [-0.2, 0) is 16.6 Å². The van der Waals surface area contributed by atoms with Gasteiger partial charge < -0.3 is 16.0 Å². The zero-order valence-electron chi connectivity index (χ0n) is 11.8. The van der Waals surface area contributed by atoms with E-state index in [0.29, 0.717) is 12.1 Å².